The number of piperidine rings is 1. The van der Waals surface area contributed by atoms with Crippen LogP contribution >= 0.6 is 0 Å². The molecule has 2 aromatic rings. The molecule has 0 amide bonds. The molecule has 1 saturated heterocycles. The highest BCUT2D eigenvalue weighted by molar-refractivity contribution is 7.84. The smallest absolute Gasteiger partial charge is 0.193 e. The van der Waals surface area contributed by atoms with Gasteiger partial charge in [0.15, 0.2) is 5.96 Å². The normalized spacial score (nSPS) is 17.1. The van der Waals surface area contributed by atoms with Crippen molar-refractivity contribution in [2.75, 3.05) is 31.9 Å². The van der Waals surface area contributed by atoms with Crippen molar-refractivity contribution in [2.45, 2.75) is 31.4 Å². The number of nitrogens with one attached hydrogen (secondary N) is 2. The molecule has 1 fully saturated rings. The van der Waals surface area contributed by atoms with Gasteiger partial charge in [-0.3, -0.25) is 14.3 Å². The van der Waals surface area contributed by atoms with E-state index in [0.29, 0.717) is 24.0 Å². The quantitative estimate of drug-likeness (QED) is 0.559. The first-order valence-electron chi connectivity index (χ1n) is 9.53. The molecule has 8 heteroatoms. The van der Waals surface area contributed by atoms with Gasteiger partial charge in [-0.2, -0.15) is 5.10 Å². The van der Waals surface area contributed by atoms with Crippen LogP contribution in [0.15, 0.2) is 41.7 Å². The molecular weight excluding hydrogens is 360 g/mol. The lowest BCUT2D eigenvalue weighted by atomic mass is 9.96. The third kappa shape index (κ3) is 5.89. The number of hydrogen-bond acceptors (Lipinski definition) is 4. The highest BCUT2D eigenvalue weighted by Crippen LogP contribution is 2.24. The molecular formula is C19H28N6OS. The third-order valence-electron chi connectivity index (χ3n) is 4.70. The monoisotopic (exact) mass is 388 g/mol. The lowest BCUT2D eigenvalue weighted by Gasteiger charge is -2.33. The summed E-state index contributed by atoms with van der Waals surface area (Å²) in [5.74, 6) is 3.51. The second-order valence-corrected chi connectivity index (χ2v) is 8.22. The number of aliphatic imine (C=N–C) groups is 1. The van der Waals surface area contributed by atoms with Crippen molar-refractivity contribution in [2.24, 2.45) is 4.99 Å². The van der Waals surface area contributed by atoms with Crippen LogP contribution in [-0.2, 0) is 16.6 Å². The van der Waals surface area contributed by atoms with Crippen molar-refractivity contribution in [1.82, 2.24) is 25.4 Å². The van der Waals surface area contributed by atoms with Gasteiger partial charge in [0.25, 0.3) is 0 Å². The van der Waals surface area contributed by atoms with Gasteiger partial charge in [-0.25, -0.2) is 4.98 Å². The van der Waals surface area contributed by atoms with Gasteiger partial charge in [0, 0.05) is 47.9 Å². The Morgan fingerprint density at radius 1 is 1.33 bits per heavy atom. The van der Waals surface area contributed by atoms with Crippen molar-refractivity contribution < 1.29 is 4.21 Å². The molecule has 1 aliphatic rings. The van der Waals surface area contributed by atoms with Crippen LogP contribution in [0.3, 0.4) is 0 Å². The van der Waals surface area contributed by atoms with Gasteiger partial charge in [-0.05, 0) is 25.3 Å². The Kier molecular flexibility index (Phi) is 7.38. The molecule has 146 valence electrons. The first-order chi connectivity index (χ1) is 13.3. The highest BCUT2D eigenvalue weighted by Gasteiger charge is 2.24. The van der Waals surface area contributed by atoms with Crippen LogP contribution < -0.4 is 5.32 Å². The third-order valence-corrected chi connectivity index (χ3v) is 5.99. The number of H-pyrrole nitrogens is 1. The van der Waals surface area contributed by atoms with Crippen LogP contribution in [0, 0.1) is 0 Å². The maximum Gasteiger partial charge on any atom is 0.193 e. The zero-order valence-electron chi connectivity index (χ0n) is 15.8. The number of guanidine groups is 1. The second kappa shape index (κ2) is 10.2. The fourth-order valence-electron chi connectivity index (χ4n) is 3.29. The Balaban J connectivity index is 1.48. The lowest BCUT2D eigenvalue weighted by molar-refractivity contribution is 0.299. The molecule has 0 aliphatic carbocycles. The Hall–Kier alpha value is -2.22. The maximum absolute atomic E-state index is 12.3. The number of hydrogen-bond donors (Lipinski definition) is 2. The average Bonchev–Trinajstić information content (AvgIpc) is 3.23. The fourth-order valence-corrected chi connectivity index (χ4v) is 4.29. The van der Waals surface area contributed by atoms with Crippen molar-refractivity contribution in [3.8, 4) is 0 Å². The van der Waals surface area contributed by atoms with Crippen LogP contribution in [0.25, 0.3) is 0 Å². The molecule has 1 atom stereocenters. The summed E-state index contributed by atoms with van der Waals surface area (Å²) in [4.78, 5) is 11.3. The first kappa shape index (κ1) is 19.5. The molecule has 1 aromatic carbocycles. The standard InChI is InChI=1S/C19H28N6OS/c1-2-20-19(21-10-13-27(26)14-16-6-4-3-5-7-16)25-11-8-17(9-12-25)18-22-15-23-24-18/h3-7,15,17H,2,8-14H2,1H3,(H,20,21)(H,22,23,24). The van der Waals surface area contributed by atoms with Gasteiger partial charge >= 0.3 is 0 Å². The Morgan fingerprint density at radius 2 is 2.11 bits per heavy atom. The number of aromatic nitrogens is 3. The van der Waals surface area contributed by atoms with Gasteiger partial charge in [0.1, 0.15) is 12.2 Å². The zero-order chi connectivity index (χ0) is 18.9. The minimum atomic E-state index is -0.895. The average molecular weight is 389 g/mol. The molecule has 0 spiro atoms. The van der Waals surface area contributed by atoms with Gasteiger partial charge in [-0.15, -0.1) is 0 Å². The van der Waals surface area contributed by atoms with Crippen LogP contribution in [0.2, 0.25) is 0 Å². The summed E-state index contributed by atoms with van der Waals surface area (Å²) in [5.41, 5.74) is 1.11. The van der Waals surface area contributed by atoms with Crippen molar-refractivity contribution in [3.63, 3.8) is 0 Å². The van der Waals surface area contributed by atoms with E-state index < -0.39 is 10.8 Å². The second-order valence-electron chi connectivity index (χ2n) is 6.64. The highest BCUT2D eigenvalue weighted by atomic mass is 32.2. The molecule has 1 unspecified atom stereocenters. The molecule has 0 radical (unpaired) electrons. The van der Waals surface area contributed by atoms with Gasteiger partial charge in [0.05, 0.1) is 6.54 Å². The number of nitrogens with zero attached hydrogens (tertiary/aromatic N) is 4. The molecule has 1 aromatic heterocycles. The molecule has 0 saturated carbocycles. The zero-order valence-corrected chi connectivity index (χ0v) is 16.6. The van der Waals surface area contributed by atoms with E-state index in [2.05, 4.69) is 32.3 Å². The van der Waals surface area contributed by atoms with Crippen molar-refractivity contribution in [1.29, 1.82) is 0 Å². The van der Waals surface area contributed by atoms with E-state index in [1.807, 2.05) is 30.3 Å². The predicted molar refractivity (Wildman–Crippen MR) is 109 cm³/mol. The number of aromatic amines is 1. The largest absolute Gasteiger partial charge is 0.357 e. The Labute approximate surface area is 163 Å². The summed E-state index contributed by atoms with van der Waals surface area (Å²) < 4.78 is 12.3. The minimum absolute atomic E-state index is 0.435. The van der Waals surface area contributed by atoms with Crippen LogP contribution in [0.5, 0.6) is 0 Å². The molecule has 27 heavy (non-hydrogen) atoms. The van der Waals surface area contributed by atoms with Crippen LogP contribution in [0.4, 0.5) is 0 Å². The molecule has 1 aliphatic heterocycles. The molecule has 0 bridgehead atoms. The van der Waals surface area contributed by atoms with E-state index in [4.69, 9.17) is 4.99 Å². The lowest BCUT2D eigenvalue weighted by Crippen LogP contribution is -2.45. The van der Waals surface area contributed by atoms with Gasteiger partial charge in [0.2, 0.25) is 0 Å². The van der Waals surface area contributed by atoms with E-state index in [1.165, 1.54) is 0 Å². The number of rotatable bonds is 7. The summed E-state index contributed by atoms with van der Waals surface area (Å²) in [6.45, 7) is 5.34. The van der Waals surface area contributed by atoms with Crippen molar-refractivity contribution >= 4 is 16.8 Å². The minimum Gasteiger partial charge on any atom is -0.357 e. The number of likely N-dealkylation sites (tertiary alicyclic amines) is 1. The summed E-state index contributed by atoms with van der Waals surface area (Å²) in [5, 5.41) is 10.3. The molecule has 2 N–H and O–H groups in total. The van der Waals surface area contributed by atoms with E-state index in [-0.39, 0.29) is 0 Å². The maximum atomic E-state index is 12.3. The van der Waals surface area contributed by atoms with Crippen LogP contribution in [0.1, 0.15) is 37.1 Å². The first-order valence-corrected chi connectivity index (χ1v) is 11.0. The van der Waals surface area contributed by atoms with E-state index in [1.54, 1.807) is 6.33 Å². The van der Waals surface area contributed by atoms with Crippen LogP contribution in [-0.4, -0.2) is 62.2 Å². The van der Waals surface area contributed by atoms with Gasteiger partial charge in [-0.1, -0.05) is 30.3 Å². The van der Waals surface area contributed by atoms with E-state index >= 15 is 0 Å². The summed E-state index contributed by atoms with van der Waals surface area (Å²) in [6.07, 6.45) is 3.63. The van der Waals surface area contributed by atoms with Gasteiger partial charge < -0.3 is 10.2 Å². The Bertz CT molecular complexity index is 726. The number of benzene rings is 1. The molecule has 2 heterocycles. The SMILES string of the molecule is CCNC(=NCCS(=O)Cc1ccccc1)N1CCC(c2ncn[nH]2)CC1. The van der Waals surface area contributed by atoms with E-state index in [0.717, 1.165) is 49.8 Å². The van der Waals surface area contributed by atoms with E-state index in [9.17, 15) is 4.21 Å². The topological polar surface area (TPSA) is 86.3 Å². The summed E-state index contributed by atoms with van der Waals surface area (Å²) in [6, 6.07) is 9.98. The molecule has 7 nitrogen and oxygen atoms in total. The van der Waals surface area contributed by atoms with Crippen molar-refractivity contribution in [3.05, 3.63) is 48.0 Å². The predicted octanol–water partition coefficient (Wildman–Crippen LogP) is 1.90. The summed E-state index contributed by atoms with van der Waals surface area (Å²) in [7, 11) is -0.895. The fraction of sp³-hybridized carbons (Fsp3) is 0.526. The Morgan fingerprint density at radius 3 is 2.78 bits per heavy atom. The summed E-state index contributed by atoms with van der Waals surface area (Å²) >= 11 is 0. The molecule has 3 rings (SSSR count).